The van der Waals surface area contributed by atoms with Crippen LogP contribution in [0, 0.1) is 0 Å². The molecule has 0 saturated carbocycles. The SMILES string of the molecule is C=C(NCC)NCCO. The number of nitrogens with one attached hydrogen (secondary N) is 2. The Balaban J connectivity index is 3.06. The van der Waals surface area contributed by atoms with Gasteiger partial charge in [0.05, 0.1) is 12.4 Å². The van der Waals surface area contributed by atoms with Crippen LogP contribution in [0.2, 0.25) is 0 Å². The second-order valence-corrected chi connectivity index (χ2v) is 1.66. The van der Waals surface area contributed by atoms with Crippen LogP contribution in [0.1, 0.15) is 6.92 Å². The Labute approximate surface area is 55.8 Å². The summed E-state index contributed by atoms with van der Waals surface area (Å²) in [6, 6.07) is 0. The van der Waals surface area contributed by atoms with E-state index in [1.54, 1.807) is 0 Å². The van der Waals surface area contributed by atoms with Crippen LogP contribution in [-0.2, 0) is 0 Å². The fourth-order valence-corrected chi connectivity index (χ4v) is 0.483. The molecule has 0 aliphatic heterocycles. The van der Waals surface area contributed by atoms with Crippen LogP contribution in [0.5, 0.6) is 0 Å². The van der Waals surface area contributed by atoms with Crippen molar-refractivity contribution in [3.8, 4) is 0 Å². The van der Waals surface area contributed by atoms with Gasteiger partial charge in [0, 0.05) is 13.1 Å². The second-order valence-electron chi connectivity index (χ2n) is 1.66. The lowest BCUT2D eigenvalue weighted by Gasteiger charge is -2.07. The quantitative estimate of drug-likeness (QED) is 0.476. The van der Waals surface area contributed by atoms with Gasteiger partial charge in [-0.05, 0) is 6.92 Å². The van der Waals surface area contributed by atoms with Crippen molar-refractivity contribution >= 4 is 0 Å². The second kappa shape index (κ2) is 5.44. The summed E-state index contributed by atoms with van der Waals surface area (Å²) in [6.45, 7) is 7.20. The molecule has 0 fully saturated rings. The molecule has 3 heteroatoms. The molecule has 9 heavy (non-hydrogen) atoms. The highest BCUT2D eigenvalue weighted by molar-refractivity contribution is 4.86. The van der Waals surface area contributed by atoms with E-state index in [-0.39, 0.29) is 6.61 Å². The standard InChI is InChI=1S/C6H14N2O/c1-3-7-6(2)8-4-5-9/h7-9H,2-5H2,1H3. The molecule has 0 aromatic carbocycles. The third-order valence-electron chi connectivity index (χ3n) is 0.840. The van der Waals surface area contributed by atoms with Crippen LogP contribution >= 0.6 is 0 Å². The van der Waals surface area contributed by atoms with E-state index in [0.717, 1.165) is 12.4 Å². The van der Waals surface area contributed by atoms with Crippen molar-refractivity contribution in [2.45, 2.75) is 6.92 Å². The molecule has 3 nitrogen and oxygen atoms in total. The maximum Gasteiger partial charge on any atom is 0.0913 e. The zero-order valence-electron chi connectivity index (χ0n) is 5.78. The highest BCUT2D eigenvalue weighted by Gasteiger charge is 1.85. The Bertz CT molecular complexity index is 83.1. The van der Waals surface area contributed by atoms with Gasteiger partial charge in [0.1, 0.15) is 0 Å². The van der Waals surface area contributed by atoms with Crippen molar-refractivity contribution in [1.82, 2.24) is 10.6 Å². The first-order valence-electron chi connectivity index (χ1n) is 3.08. The Morgan fingerprint density at radius 3 is 2.67 bits per heavy atom. The van der Waals surface area contributed by atoms with E-state index in [9.17, 15) is 0 Å². The molecule has 0 aliphatic carbocycles. The van der Waals surface area contributed by atoms with Gasteiger partial charge in [0.15, 0.2) is 0 Å². The third-order valence-corrected chi connectivity index (χ3v) is 0.840. The van der Waals surface area contributed by atoms with E-state index >= 15 is 0 Å². The lowest BCUT2D eigenvalue weighted by Crippen LogP contribution is -2.27. The fraction of sp³-hybridized carbons (Fsp3) is 0.667. The van der Waals surface area contributed by atoms with Gasteiger partial charge in [0.2, 0.25) is 0 Å². The fourth-order valence-electron chi connectivity index (χ4n) is 0.483. The Kier molecular flexibility index (Phi) is 5.01. The molecular formula is C6H14N2O. The lowest BCUT2D eigenvalue weighted by atomic mass is 10.6. The Morgan fingerprint density at radius 2 is 2.22 bits per heavy atom. The predicted molar refractivity (Wildman–Crippen MR) is 37.9 cm³/mol. The smallest absolute Gasteiger partial charge is 0.0913 e. The van der Waals surface area contributed by atoms with Gasteiger partial charge in [-0.3, -0.25) is 0 Å². The Morgan fingerprint density at radius 1 is 1.56 bits per heavy atom. The minimum absolute atomic E-state index is 0.143. The van der Waals surface area contributed by atoms with Crippen LogP contribution in [0.3, 0.4) is 0 Å². The summed E-state index contributed by atoms with van der Waals surface area (Å²) in [4.78, 5) is 0. The van der Waals surface area contributed by atoms with Crippen LogP contribution in [0.25, 0.3) is 0 Å². The Hall–Kier alpha value is -0.700. The minimum atomic E-state index is 0.143. The summed E-state index contributed by atoms with van der Waals surface area (Å²) >= 11 is 0. The van der Waals surface area contributed by atoms with E-state index in [1.165, 1.54) is 0 Å². The van der Waals surface area contributed by atoms with E-state index < -0.39 is 0 Å². The number of aliphatic hydroxyl groups is 1. The zero-order valence-corrected chi connectivity index (χ0v) is 5.78. The highest BCUT2D eigenvalue weighted by atomic mass is 16.3. The summed E-state index contributed by atoms with van der Waals surface area (Å²) in [7, 11) is 0. The van der Waals surface area contributed by atoms with Crippen LogP contribution in [0.15, 0.2) is 12.4 Å². The van der Waals surface area contributed by atoms with Gasteiger partial charge in [-0.1, -0.05) is 6.58 Å². The molecule has 0 aromatic heterocycles. The average molecular weight is 130 g/mol. The van der Waals surface area contributed by atoms with E-state index in [4.69, 9.17) is 5.11 Å². The van der Waals surface area contributed by atoms with Crippen LogP contribution in [0.4, 0.5) is 0 Å². The van der Waals surface area contributed by atoms with Gasteiger partial charge in [-0.25, -0.2) is 0 Å². The molecule has 0 rings (SSSR count). The number of hydrogen-bond donors (Lipinski definition) is 3. The van der Waals surface area contributed by atoms with E-state index in [2.05, 4.69) is 17.2 Å². The zero-order chi connectivity index (χ0) is 7.11. The van der Waals surface area contributed by atoms with Crippen molar-refractivity contribution in [1.29, 1.82) is 0 Å². The van der Waals surface area contributed by atoms with Gasteiger partial charge in [-0.15, -0.1) is 0 Å². The van der Waals surface area contributed by atoms with Gasteiger partial charge < -0.3 is 15.7 Å². The molecule has 0 bridgehead atoms. The average Bonchev–Trinajstić information content (AvgIpc) is 1.85. The third kappa shape index (κ3) is 5.17. The van der Waals surface area contributed by atoms with Crippen molar-refractivity contribution < 1.29 is 5.11 Å². The molecule has 0 atom stereocenters. The van der Waals surface area contributed by atoms with Gasteiger partial charge >= 0.3 is 0 Å². The summed E-state index contributed by atoms with van der Waals surface area (Å²) in [5.74, 6) is 0.770. The van der Waals surface area contributed by atoms with E-state index in [0.29, 0.717) is 6.54 Å². The van der Waals surface area contributed by atoms with Crippen LogP contribution in [-0.4, -0.2) is 24.8 Å². The number of rotatable bonds is 5. The number of aliphatic hydroxyl groups excluding tert-OH is 1. The molecule has 0 aromatic rings. The molecule has 3 N–H and O–H groups in total. The van der Waals surface area contributed by atoms with Gasteiger partial charge in [-0.2, -0.15) is 0 Å². The first kappa shape index (κ1) is 8.30. The molecular weight excluding hydrogens is 116 g/mol. The van der Waals surface area contributed by atoms with Gasteiger partial charge in [0.25, 0.3) is 0 Å². The van der Waals surface area contributed by atoms with Crippen molar-refractivity contribution in [3.63, 3.8) is 0 Å². The van der Waals surface area contributed by atoms with Crippen molar-refractivity contribution in [3.05, 3.63) is 12.4 Å². The predicted octanol–water partition coefficient (Wildman–Crippen LogP) is -0.351. The summed E-state index contributed by atoms with van der Waals surface area (Å²) < 4.78 is 0. The molecule has 0 saturated heterocycles. The largest absolute Gasteiger partial charge is 0.395 e. The first-order valence-corrected chi connectivity index (χ1v) is 3.08. The molecule has 0 unspecified atom stereocenters. The maximum absolute atomic E-state index is 8.35. The summed E-state index contributed by atoms with van der Waals surface area (Å²) in [5.41, 5.74) is 0. The lowest BCUT2D eigenvalue weighted by molar-refractivity contribution is 0.296. The molecule has 0 aliphatic rings. The minimum Gasteiger partial charge on any atom is -0.395 e. The summed E-state index contributed by atoms with van der Waals surface area (Å²) in [5, 5.41) is 14.2. The highest BCUT2D eigenvalue weighted by Crippen LogP contribution is 1.72. The van der Waals surface area contributed by atoms with E-state index in [1.807, 2.05) is 6.92 Å². The van der Waals surface area contributed by atoms with Crippen LogP contribution < -0.4 is 10.6 Å². The normalized spacial score (nSPS) is 8.67. The summed E-state index contributed by atoms with van der Waals surface area (Å²) in [6.07, 6.45) is 0. The first-order chi connectivity index (χ1) is 4.31. The van der Waals surface area contributed by atoms with Crippen molar-refractivity contribution in [2.75, 3.05) is 19.7 Å². The maximum atomic E-state index is 8.35. The van der Waals surface area contributed by atoms with Crippen molar-refractivity contribution in [2.24, 2.45) is 0 Å². The molecule has 54 valence electrons. The monoisotopic (exact) mass is 130 g/mol. The molecule has 0 amide bonds. The molecule has 0 radical (unpaired) electrons. The molecule has 0 heterocycles. The number of hydrogen-bond acceptors (Lipinski definition) is 3. The topological polar surface area (TPSA) is 44.3 Å². The molecule has 0 spiro atoms.